The molecule has 1 aliphatic heterocycles. The van der Waals surface area contributed by atoms with Crippen molar-refractivity contribution < 1.29 is 9.53 Å². The minimum Gasteiger partial charge on any atom is -0.465 e. The smallest absolute Gasteiger partial charge is 0.339 e. The zero-order valence-electron chi connectivity index (χ0n) is 14.7. The van der Waals surface area contributed by atoms with E-state index in [9.17, 15) is 4.79 Å². The van der Waals surface area contributed by atoms with Crippen molar-refractivity contribution >= 4 is 5.97 Å². The average Bonchev–Trinajstić information content (AvgIpc) is 3.39. The largest absolute Gasteiger partial charge is 0.465 e. The Kier molecular flexibility index (Phi) is 4.54. The molecule has 3 aromatic rings. The van der Waals surface area contributed by atoms with Gasteiger partial charge in [0.05, 0.1) is 30.6 Å². The summed E-state index contributed by atoms with van der Waals surface area (Å²) in [6, 6.07) is 16.0. The summed E-state index contributed by atoms with van der Waals surface area (Å²) in [5.41, 5.74) is 4.01. The van der Waals surface area contributed by atoms with E-state index in [-0.39, 0.29) is 12.0 Å². The fourth-order valence-electron chi connectivity index (χ4n) is 3.53. The predicted molar refractivity (Wildman–Crippen MR) is 101 cm³/mol. The van der Waals surface area contributed by atoms with Crippen LogP contribution in [0.25, 0.3) is 22.4 Å². The summed E-state index contributed by atoms with van der Waals surface area (Å²) in [5, 5.41) is 3.44. The molecule has 0 saturated carbocycles. The molecule has 1 fully saturated rings. The molecule has 2 aromatic carbocycles. The third kappa shape index (κ3) is 3.02. The number of esters is 1. The molecule has 0 radical (unpaired) electrons. The normalized spacial score (nSPS) is 16.6. The molecular weight excluding hydrogens is 326 g/mol. The number of ether oxygens (including phenoxy) is 1. The summed E-state index contributed by atoms with van der Waals surface area (Å²) in [5.74, 6) is 0.563. The van der Waals surface area contributed by atoms with E-state index in [1.54, 1.807) is 6.20 Å². The molecule has 26 heavy (non-hydrogen) atoms. The van der Waals surface area contributed by atoms with Crippen LogP contribution in [0.5, 0.6) is 0 Å². The van der Waals surface area contributed by atoms with Crippen molar-refractivity contribution in [3.63, 3.8) is 0 Å². The van der Waals surface area contributed by atoms with Gasteiger partial charge in [-0.3, -0.25) is 0 Å². The number of methoxy groups -OCH3 is 1. The Morgan fingerprint density at radius 3 is 2.65 bits per heavy atom. The lowest BCUT2D eigenvalue weighted by atomic mass is 9.94. The van der Waals surface area contributed by atoms with Gasteiger partial charge in [0, 0.05) is 5.56 Å². The van der Waals surface area contributed by atoms with Gasteiger partial charge in [0.15, 0.2) is 0 Å². The van der Waals surface area contributed by atoms with Crippen molar-refractivity contribution in [2.45, 2.75) is 18.9 Å². The van der Waals surface area contributed by atoms with Crippen LogP contribution in [0, 0.1) is 0 Å². The highest BCUT2D eigenvalue weighted by atomic mass is 16.5. The highest BCUT2D eigenvalue weighted by molar-refractivity contribution is 6.03. The van der Waals surface area contributed by atoms with Gasteiger partial charge in [-0.05, 0) is 30.5 Å². The van der Waals surface area contributed by atoms with Gasteiger partial charge in [0.25, 0.3) is 0 Å². The Labute approximate surface area is 152 Å². The lowest BCUT2D eigenvalue weighted by Gasteiger charge is -2.13. The SMILES string of the molecule is COC(=O)c1c(-c2ccccc2)cccc1-c1cnc(C2CCCN2)[nH]1. The van der Waals surface area contributed by atoms with Crippen LogP contribution in [-0.4, -0.2) is 29.6 Å². The van der Waals surface area contributed by atoms with Crippen LogP contribution < -0.4 is 5.32 Å². The van der Waals surface area contributed by atoms with E-state index in [0.717, 1.165) is 47.6 Å². The van der Waals surface area contributed by atoms with Crippen molar-refractivity contribution in [1.82, 2.24) is 15.3 Å². The Bertz CT molecular complexity index is 912. The van der Waals surface area contributed by atoms with Crippen LogP contribution in [-0.2, 0) is 4.74 Å². The Hall–Kier alpha value is -2.92. The van der Waals surface area contributed by atoms with Crippen molar-refractivity contribution in [1.29, 1.82) is 0 Å². The molecule has 1 aromatic heterocycles. The van der Waals surface area contributed by atoms with E-state index in [4.69, 9.17) is 4.74 Å². The molecule has 1 unspecified atom stereocenters. The van der Waals surface area contributed by atoms with Crippen LogP contribution in [0.4, 0.5) is 0 Å². The number of H-pyrrole nitrogens is 1. The monoisotopic (exact) mass is 347 g/mol. The molecule has 0 bridgehead atoms. The van der Waals surface area contributed by atoms with Crippen molar-refractivity contribution in [2.75, 3.05) is 13.7 Å². The average molecular weight is 347 g/mol. The minimum absolute atomic E-state index is 0.252. The lowest BCUT2D eigenvalue weighted by molar-refractivity contribution is 0.0602. The maximum absolute atomic E-state index is 12.6. The lowest BCUT2D eigenvalue weighted by Crippen LogP contribution is -2.14. The number of aromatic nitrogens is 2. The first-order valence-corrected chi connectivity index (χ1v) is 8.83. The minimum atomic E-state index is -0.352. The van der Waals surface area contributed by atoms with Crippen molar-refractivity contribution in [3.05, 3.63) is 66.1 Å². The van der Waals surface area contributed by atoms with Gasteiger partial charge in [-0.15, -0.1) is 0 Å². The molecule has 0 amide bonds. The second-order valence-corrected chi connectivity index (χ2v) is 6.42. The van der Waals surface area contributed by atoms with Gasteiger partial charge in [-0.25, -0.2) is 9.78 Å². The second kappa shape index (κ2) is 7.14. The number of carbonyl (C=O) groups is 1. The molecule has 0 spiro atoms. The molecular formula is C21H21N3O2. The summed E-state index contributed by atoms with van der Waals surface area (Å²) in [4.78, 5) is 20.5. The highest BCUT2D eigenvalue weighted by Crippen LogP contribution is 2.33. The number of hydrogen-bond donors (Lipinski definition) is 2. The van der Waals surface area contributed by atoms with Gasteiger partial charge in [0.2, 0.25) is 0 Å². The van der Waals surface area contributed by atoms with E-state index in [1.165, 1.54) is 7.11 Å². The van der Waals surface area contributed by atoms with Gasteiger partial charge in [-0.1, -0.05) is 48.5 Å². The van der Waals surface area contributed by atoms with Crippen molar-refractivity contribution in [3.8, 4) is 22.4 Å². The van der Waals surface area contributed by atoms with Gasteiger partial charge in [-0.2, -0.15) is 0 Å². The fraction of sp³-hybridized carbons (Fsp3) is 0.238. The number of carbonyl (C=O) groups excluding carboxylic acids is 1. The third-order valence-corrected chi connectivity index (χ3v) is 4.81. The molecule has 1 aliphatic rings. The molecule has 5 nitrogen and oxygen atoms in total. The van der Waals surface area contributed by atoms with E-state index in [1.807, 2.05) is 48.5 Å². The number of aromatic amines is 1. The Morgan fingerprint density at radius 1 is 1.12 bits per heavy atom. The predicted octanol–water partition coefficient (Wildman–Crippen LogP) is 3.95. The van der Waals surface area contributed by atoms with Crippen molar-refractivity contribution in [2.24, 2.45) is 0 Å². The summed E-state index contributed by atoms with van der Waals surface area (Å²) >= 11 is 0. The first-order valence-electron chi connectivity index (χ1n) is 8.83. The molecule has 0 aliphatic carbocycles. The van der Waals surface area contributed by atoms with E-state index in [2.05, 4.69) is 15.3 Å². The summed E-state index contributed by atoms with van der Waals surface area (Å²) < 4.78 is 5.08. The van der Waals surface area contributed by atoms with Crippen LogP contribution in [0.2, 0.25) is 0 Å². The summed E-state index contributed by atoms with van der Waals surface area (Å²) in [6.45, 7) is 1.01. The molecule has 4 rings (SSSR count). The standard InChI is InChI=1S/C21H21N3O2/c1-26-21(25)19-15(14-7-3-2-4-8-14)9-5-10-16(19)18-13-23-20(24-18)17-11-6-12-22-17/h2-5,7-10,13,17,22H,6,11-12H2,1H3,(H,23,24). The van der Waals surface area contributed by atoms with Gasteiger partial charge >= 0.3 is 5.97 Å². The van der Waals surface area contributed by atoms with Gasteiger partial charge < -0.3 is 15.0 Å². The van der Waals surface area contributed by atoms with E-state index in [0.29, 0.717) is 5.56 Å². The van der Waals surface area contributed by atoms with Crippen LogP contribution >= 0.6 is 0 Å². The number of rotatable bonds is 4. The zero-order chi connectivity index (χ0) is 17.9. The fourth-order valence-corrected chi connectivity index (χ4v) is 3.53. The maximum atomic E-state index is 12.6. The highest BCUT2D eigenvalue weighted by Gasteiger charge is 2.23. The van der Waals surface area contributed by atoms with Crippen LogP contribution in [0.3, 0.4) is 0 Å². The van der Waals surface area contributed by atoms with E-state index < -0.39 is 0 Å². The van der Waals surface area contributed by atoms with Crippen LogP contribution in [0.1, 0.15) is 35.1 Å². The second-order valence-electron chi connectivity index (χ2n) is 6.42. The van der Waals surface area contributed by atoms with Gasteiger partial charge in [0.1, 0.15) is 5.82 Å². The quantitative estimate of drug-likeness (QED) is 0.701. The topological polar surface area (TPSA) is 67.0 Å². The number of nitrogens with zero attached hydrogens (tertiary/aromatic N) is 1. The molecule has 132 valence electrons. The Morgan fingerprint density at radius 2 is 1.92 bits per heavy atom. The summed E-state index contributed by atoms with van der Waals surface area (Å²) in [6.07, 6.45) is 4.02. The number of hydrogen-bond acceptors (Lipinski definition) is 4. The molecule has 2 N–H and O–H groups in total. The molecule has 1 atom stereocenters. The molecule has 2 heterocycles. The van der Waals surface area contributed by atoms with Crippen LogP contribution in [0.15, 0.2) is 54.7 Å². The zero-order valence-corrected chi connectivity index (χ0v) is 14.7. The first kappa shape index (κ1) is 16.5. The number of benzene rings is 2. The Balaban J connectivity index is 1.82. The molecule has 1 saturated heterocycles. The third-order valence-electron chi connectivity index (χ3n) is 4.81. The first-order chi connectivity index (χ1) is 12.8. The summed E-state index contributed by atoms with van der Waals surface area (Å²) in [7, 11) is 1.41. The maximum Gasteiger partial charge on any atom is 0.339 e. The van der Waals surface area contributed by atoms with E-state index >= 15 is 0 Å². The number of imidazole rings is 1. The number of nitrogens with one attached hydrogen (secondary N) is 2. The molecule has 5 heteroatoms.